The van der Waals surface area contributed by atoms with E-state index in [0.29, 0.717) is 5.92 Å². The van der Waals surface area contributed by atoms with E-state index in [4.69, 9.17) is 4.74 Å². The van der Waals surface area contributed by atoms with Crippen LogP contribution in [0.15, 0.2) is 42.1 Å². The number of benzene rings is 1. The third kappa shape index (κ3) is 4.90. The van der Waals surface area contributed by atoms with Crippen molar-refractivity contribution >= 4 is 17.4 Å². The van der Waals surface area contributed by atoms with Gasteiger partial charge < -0.3 is 14.2 Å². The second-order valence-electron chi connectivity index (χ2n) is 8.42. The number of hydrogen-bond acceptors (Lipinski definition) is 6. The highest BCUT2D eigenvalue weighted by Crippen LogP contribution is 2.34. The molecular formula is C23H33N5OS. The van der Waals surface area contributed by atoms with Gasteiger partial charge in [-0.2, -0.15) is 0 Å². The van der Waals surface area contributed by atoms with E-state index in [0.717, 1.165) is 29.8 Å². The van der Waals surface area contributed by atoms with Crippen LogP contribution >= 0.6 is 11.8 Å². The largest absolute Gasteiger partial charge is 0.378 e. The Morgan fingerprint density at radius 3 is 2.67 bits per heavy atom. The smallest absolute Gasteiger partial charge is 0.191 e. The molecule has 1 aromatic heterocycles. The van der Waals surface area contributed by atoms with Crippen molar-refractivity contribution < 1.29 is 4.74 Å². The third-order valence-corrected chi connectivity index (χ3v) is 7.10. The zero-order valence-electron chi connectivity index (χ0n) is 18.1. The van der Waals surface area contributed by atoms with Crippen LogP contribution in [0.25, 0.3) is 0 Å². The van der Waals surface area contributed by atoms with Crippen LogP contribution in [-0.4, -0.2) is 47.3 Å². The van der Waals surface area contributed by atoms with E-state index in [9.17, 15) is 0 Å². The van der Waals surface area contributed by atoms with Crippen molar-refractivity contribution in [1.82, 2.24) is 20.1 Å². The molecule has 0 unspecified atom stereocenters. The van der Waals surface area contributed by atoms with Crippen LogP contribution in [0.2, 0.25) is 0 Å². The normalized spacial score (nSPS) is 22.3. The highest BCUT2D eigenvalue weighted by Gasteiger charge is 2.28. The molecule has 1 saturated heterocycles. The van der Waals surface area contributed by atoms with Gasteiger partial charge in [0, 0.05) is 44.5 Å². The molecule has 2 atom stereocenters. The van der Waals surface area contributed by atoms with Gasteiger partial charge in [0.05, 0.1) is 6.10 Å². The Kier molecular flexibility index (Phi) is 7.12. The molecule has 30 heavy (non-hydrogen) atoms. The highest BCUT2D eigenvalue weighted by molar-refractivity contribution is 7.99. The number of nitrogens with one attached hydrogen (secondary N) is 1. The van der Waals surface area contributed by atoms with Gasteiger partial charge >= 0.3 is 0 Å². The lowest BCUT2D eigenvalue weighted by Crippen LogP contribution is -2.17. The fraction of sp³-hybridized carbons (Fsp3) is 0.565. The van der Waals surface area contributed by atoms with Gasteiger partial charge in [-0.15, -0.1) is 16.8 Å². The van der Waals surface area contributed by atoms with E-state index >= 15 is 0 Å². The average Bonchev–Trinajstić information content (AvgIpc) is 3.40. The summed E-state index contributed by atoms with van der Waals surface area (Å²) in [5.41, 5.74) is 2.36. The summed E-state index contributed by atoms with van der Waals surface area (Å²) in [5.74, 6) is 2.54. The molecule has 0 bridgehead atoms. The summed E-state index contributed by atoms with van der Waals surface area (Å²) in [6, 6.07) is 8.54. The van der Waals surface area contributed by atoms with E-state index < -0.39 is 0 Å². The maximum Gasteiger partial charge on any atom is 0.191 e. The molecule has 2 aromatic rings. The van der Waals surface area contributed by atoms with Crippen LogP contribution in [-0.2, 0) is 11.3 Å². The highest BCUT2D eigenvalue weighted by atomic mass is 32.2. The summed E-state index contributed by atoms with van der Waals surface area (Å²) in [6.07, 6.45) is 8.45. The molecule has 2 heterocycles. The Bertz CT molecular complexity index is 829. The molecule has 162 valence electrons. The summed E-state index contributed by atoms with van der Waals surface area (Å²) in [5, 5.41) is 13.6. The van der Waals surface area contributed by atoms with Crippen molar-refractivity contribution in [2.24, 2.45) is 0 Å². The molecule has 0 radical (unpaired) electrons. The Morgan fingerprint density at radius 2 is 1.97 bits per heavy atom. The van der Waals surface area contributed by atoms with E-state index in [2.05, 4.69) is 69.9 Å². The molecule has 2 aliphatic rings. The molecule has 4 rings (SSSR count). The molecule has 7 heteroatoms. The van der Waals surface area contributed by atoms with Crippen molar-refractivity contribution in [2.45, 2.75) is 62.1 Å². The second kappa shape index (κ2) is 9.98. The lowest BCUT2D eigenvalue weighted by atomic mass is 9.89. The summed E-state index contributed by atoms with van der Waals surface area (Å²) in [7, 11) is 4.11. The number of rotatable bonds is 8. The predicted octanol–water partition coefficient (Wildman–Crippen LogP) is 4.36. The fourth-order valence-electron chi connectivity index (χ4n) is 4.31. The van der Waals surface area contributed by atoms with Crippen molar-refractivity contribution in [3.05, 3.63) is 48.3 Å². The SMILES string of the molecule is C=CCn1c(SC[C@H]2CN[C@@H](c3ccc(N(C)C)cc3)O2)nnc1C1CCCCC1. The van der Waals surface area contributed by atoms with Crippen LogP contribution in [0, 0.1) is 0 Å². The predicted molar refractivity (Wildman–Crippen MR) is 123 cm³/mol. The Morgan fingerprint density at radius 1 is 1.20 bits per heavy atom. The standard InChI is InChI=1S/C23H33N5OS/c1-4-14-28-21(17-8-6-5-7-9-17)25-26-23(28)30-16-20-15-24-22(29-20)18-10-12-19(13-11-18)27(2)3/h4,10-13,17,20,22,24H,1,5-9,14-16H2,2-3H3/t20-,22-/m1/s1. The Balaban J connectivity index is 1.35. The summed E-state index contributed by atoms with van der Waals surface area (Å²) in [4.78, 5) is 2.10. The van der Waals surface area contributed by atoms with Gasteiger partial charge in [0.25, 0.3) is 0 Å². The molecule has 0 spiro atoms. The molecule has 6 nitrogen and oxygen atoms in total. The van der Waals surface area contributed by atoms with Crippen molar-refractivity contribution in [3.8, 4) is 0 Å². The zero-order valence-corrected chi connectivity index (χ0v) is 18.9. The van der Waals surface area contributed by atoms with Gasteiger partial charge in [0.2, 0.25) is 0 Å². The van der Waals surface area contributed by atoms with E-state index in [1.807, 2.05) is 6.08 Å². The van der Waals surface area contributed by atoms with Gasteiger partial charge in [-0.1, -0.05) is 49.2 Å². The minimum atomic E-state index is -0.0457. The maximum absolute atomic E-state index is 6.27. The lowest BCUT2D eigenvalue weighted by Gasteiger charge is -2.21. The summed E-state index contributed by atoms with van der Waals surface area (Å²) < 4.78 is 8.53. The van der Waals surface area contributed by atoms with Crippen molar-refractivity contribution in [1.29, 1.82) is 0 Å². The third-order valence-electron chi connectivity index (χ3n) is 6.00. The van der Waals surface area contributed by atoms with Gasteiger partial charge in [-0.05, 0) is 30.5 Å². The van der Waals surface area contributed by atoms with Gasteiger partial charge in [0.1, 0.15) is 12.1 Å². The first-order valence-corrected chi connectivity index (χ1v) is 12.0. The number of allylic oxidation sites excluding steroid dienone is 1. The Hall–Kier alpha value is -1.83. The quantitative estimate of drug-likeness (QED) is 0.499. The first kappa shape index (κ1) is 21.4. The molecule has 1 N–H and O–H groups in total. The van der Waals surface area contributed by atoms with Crippen LogP contribution < -0.4 is 10.2 Å². The van der Waals surface area contributed by atoms with Gasteiger partial charge in [0.15, 0.2) is 5.16 Å². The average molecular weight is 428 g/mol. The van der Waals surface area contributed by atoms with Crippen molar-refractivity contribution in [2.75, 3.05) is 31.3 Å². The number of nitrogens with zero attached hydrogens (tertiary/aromatic N) is 4. The molecule has 2 fully saturated rings. The van der Waals surface area contributed by atoms with Crippen LogP contribution in [0.3, 0.4) is 0 Å². The molecule has 1 aromatic carbocycles. The fourth-order valence-corrected chi connectivity index (χ4v) is 5.26. The number of hydrogen-bond donors (Lipinski definition) is 1. The van der Waals surface area contributed by atoms with Crippen LogP contribution in [0.1, 0.15) is 55.6 Å². The minimum Gasteiger partial charge on any atom is -0.378 e. The first-order chi connectivity index (χ1) is 14.7. The second-order valence-corrected chi connectivity index (χ2v) is 9.41. The maximum atomic E-state index is 6.27. The lowest BCUT2D eigenvalue weighted by molar-refractivity contribution is 0.0534. The number of thioether (sulfide) groups is 1. The zero-order chi connectivity index (χ0) is 20.9. The van der Waals surface area contributed by atoms with Gasteiger partial charge in [-0.25, -0.2) is 0 Å². The molecule has 1 saturated carbocycles. The minimum absolute atomic E-state index is 0.0457. The Labute approximate surface area is 184 Å². The molecule has 0 amide bonds. The molecule has 1 aliphatic carbocycles. The van der Waals surface area contributed by atoms with Crippen molar-refractivity contribution in [3.63, 3.8) is 0 Å². The molecular weight excluding hydrogens is 394 g/mol. The number of aromatic nitrogens is 3. The summed E-state index contributed by atoms with van der Waals surface area (Å²) >= 11 is 1.74. The summed E-state index contributed by atoms with van der Waals surface area (Å²) in [6.45, 7) is 5.55. The molecule has 1 aliphatic heterocycles. The number of ether oxygens (including phenoxy) is 1. The van der Waals surface area contributed by atoms with E-state index in [1.165, 1.54) is 43.4 Å². The first-order valence-electron chi connectivity index (χ1n) is 11.0. The van der Waals surface area contributed by atoms with E-state index in [-0.39, 0.29) is 12.3 Å². The van der Waals surface area contributed by atoms with Gasteiger partial charge in [-0.3, -0.25) is 5.32 Å². The number of anilines is 1. The van der Waals surface area contributed by atoms with E-state index in [1.54, 1.807) is 11.8 Å². The van der Waals surface area contributed by atoms with Crippen LogP contribution in [0.4, 0.5) is 5.69 Å². The monoisotopic (exact) mass is 427 g/mol. The van der Waals surface area contributed by atoms with Crippen LogP contribution in [0.5, 0.6) is 0 Å². The topological polar surface area (TPSA) is 55.2 Å².